The molecule has 1 amide bonds. The second kappa shape index (κ2) is 8.20. The number of nitrogens with one attached hydrogen (secondary N) is 1. The van der Waals surface area contributed by atoms with Gasteiger partial charge in [0.15, 0.2) is 0 Å². The van der Waals surface area contributed by atoms with E-state index in [0.29, 0.717) is 5.56 Å². The highest BCUT2D eigenvalue weighted by Crippen LogP contribution is 2.22. The SMILES string of the molecule is CCCCC(CCC)NC(=O)c1cc(Br)ccc1O. The summed E-state index contributed by atoms with van der Waals surface area (Å²) in [6.45, 7) is 4.26. The topological polar surface area (TPSA) is 49.3 Å². The lowest BCUT2D eigenvalue weighted by Gasteiger charge is -2.18. The first-order valence-electron chi connectivity index (χ1n) is 6.87. The fourth-order valence-electron chi connectivity index (χ4n) is 2.04. The summed E-state index contributed by atoms with van der Waals surface area (Å²) in [6, 6.07) is 5.08. The van der Waals surface area contributed by atoms with Crippen molar-refractivity contribution in [2.24, 2.45) is 0 Å². The molecule has 0 aliphatic heterocycles. The smallest absolute Gasteiger partial charge is 0.255 e. The summed E-state index contributed by atoms with van der Waals surface area (Å²) in [6.07, 6.45) is 5.23. The fraction of sp³-hybridized carbons (Fsp3) is 0.533. The molecule has 1 aromatic carbocycles. The second-order valence-corrected chi connectivity index (χ2v) is 5.68. The van der Waals surface area contributed by atoms with Gasteiger partial charge >= 0.3 is 0 Å². The summed E-state index contributed by atoms with van der Waals surface area (Å²) in [4.78, 5) is 12.2. The van der Waals surface area contributed by atoms with Crippen LogP contribution in [0.3, 0.4) is 0 Å². The van der Waals surface area contributed by atoms with Crippen LogP contribution < -0.4 is 5.32 Å². The van der Waals surface area contributed by atoms with Gasteiger partial charge in [-0.25, -0.2) is 0 Å². The van der Waals surface area contributed by atoms with Crippen molar-refractivity contribution >= 4 is 21.8 Å². The van der Waals surface area contributed by atoms with Gasteiger partial charge in [-0.1, -0.05) is 49.0 Å². The molecule has 0 aliphatic rings. The Morgan fingerprint density at radius 3 is 2.68 bits per heavy atom. The van der Waals surface area contributed by atoms with Gasteiger partial charge in [0.05, 0.1) is 5.56 Å². The van der Waals surface area contributed by atoms with E-state index in [2.05, 4.69) is 35.1 Å². The number of aromatic hydroxyl groups is 1. The Kier molecular flexibility index (Phi) is 6.92. The number of phenols is 1. The number of carbonyl (C=O) groups excluding carboxylic acids is 1. The average Bonchev–Trinajstić information content (AvgIpc) is 2.39. The second-order valence-electron chi connectivity index (χ2n) is 4.76. The summed E-state index contributed by atoms with van der Waals surface area (Å²) in [7, 11) is 0. The highest BCUT2D eigenvalue weighted by Gasteiger charge is 2.16. The molecule has 0 aliphatic carbocycles. The van der Waals surface area contributed by atoms with Crippen molar-refractivity contribution in [2.45, 2.75) is 52.0 Å². The molecule has 1 unspecified atom stereocenters. The van der Waals surface area contributed by atoms with Gasteiger partial charge in [-0.3, -0.25) is 4.79 Å². The van der Waals surface area contributed by atoms with Crippen molar-refractivity contribution in [3.8, 4) is 5.75 Å². The Bertz CT molecular complexity index is 421. The predicted octanol–water partition coefficient (Wildman–Crippen LogP) is 4.24. The van der Waals surface area contributed by atoms with E-state index in [1.807, 2.05) is 0 Å². The molecule has 0 saturated carbocycles. The standard InChI is InChI=1S/C15H22BrNO2/c1-3-5-7-12(6-4-2)17-15(19)13-10-11(16)8-9-14(13)18/h8-10,12,18H,3-7H2,1-2H3,(H,17,19). The van der Waals surface area contributed by atoms with E-state index in [-0.39, 0.29) is 17.7 Å². The van der Waals surface area contributed by atoms with Crippen LogP contribution in [0.15, 0.2) is 22.7 Å². The van der Waals surface area contributed by atoms with Gasteiger partial charge in [-0.2, -0.15) is 0 Å². The lowest BCUT2D eigenvalue weighted by Crippen LogP contribution is -2.34. The van der Waals surface area contributed by atoms with E-state index in [1.54, 1.807) is 12.1 Å². The summed E-state index contributed by atoms with van der Waals surface area (Å²) in [5.41, 5.74) is 0.326. The number of hydrogen-bond acceptors (Lipinski definition) is 2. The molecule has 0 heterocycles. The molecule has 3 nitrogen and oxygen atoms in total. The molecule has 0 spiro atoms. The Balaban J connectivity index is 2.72. The Morgan fingerprint density at radius 2 is 2.05 bits per heavy atom. The molecule has 1 rings (SSSR count). The Morgan fingerprint density at radius 1 is 1.32 bits per heavy atom. The zero-order valence-electron chi connectivity index (χ0n) is 11.6. The van der Waals surface area contributed by atoms with Crippen LogP contribution in [-0.2, 0) is 0 Å². The normalized spacial score (nSPS) is 12.2. The number of rotatable bonds is 7. The Hall–Kier alpha value is -1.03. The average molecular weight is 328 g/mol. The van der Waals surface area contributed by atoms with Gasteiger partial charge in [0.2, 0.25) is 0 Å². The third kappa shape index (κ3) is 5.23. The van der Waals surface area contributed by atoms with Crippen molar-refractivity contribution in [1.82, 2.24) is 5.32 Å². The first kappa shape index (κ1) is 16.0. The number of benzene rings is 1. The third-order valence-corrected chi connectivity index (χ3v) is 3.57. The first-order chi connectivity index (χ1) is 9.08. The summed E-state index contributed by atoms with van der Waals surface area (Å²) >= 11 is 3.31. The number of halogens is 1. The van der Waals surface area contributed by atoms with E-state index >= 15 is 0 Å². The maximum atomic E-state index is 12.2. The van der Waals surface area contributed by atoms with Crippen LogP contribution in [0.1, 0.15) is 56.3 Å². The lowest BCUT2D eigenvalue weighted by molar-refractivity contribution is 0.0929. The van der Waals surface area contributed by atoms with Gasteiger partial charge in [0.25, 0.3) is 5.91 Å². The van der Waals surface area contributed by atoms with Crippen LogP contribution in [0.25, 0.3) is 0 Å². The minimum absolute atomic E-state index is 0.0199. The van der Waals surface area contributed by atoms with Gasteiger partial charge in [-0.15, -0.1) is 0 Å². The molecule has 0 fully saturated rings. The van der Waals surface area contributed by atoms with Crippen LogP contribution >= 0.6 is 15.9 Å². The predicted molar refractivity (Wildman–Crippen MR) is 81.5 cm³/mol. The van der Waals surface area contributed by atoms with Gasteiger partial charge < -0.3 is 10.4 Å². The zero-order chi connectivity index (χ0) is 14.3. The fourth-order valence-corrected chi connectivity index (χ4v) is 2.40. The van der Waals surface area contributed by atoms with E-state index in [4.69, 9.17) is 0 Å². The molecule has 19 heavy (non-hydrogen) atoms. The van der Waals surface area contributed by atoms with Crippen molar-refractivity contribution in [3.05, 3.63) is 28.2 Å². The number of phenolic OH excluding ortho intramolecular Hbond substituents is 1. The maximum absolute atomic E-state index is 12.2. The summed E-state index contributed by atoms with van der Waals surface area (Å²) < 4.78 is 0.788. The summed E-state index contributed by atoms with van der Waals surface area (Å²) in [5.74, 6) is -0.181. The van der Waals surface area contributed by atoms with E-state index in [0.717, 1.165) is 36.6 Å². The highest BCUT2D eigenvalue weighted by atomic mass is 79.9. The first-order valence-corrected chi connectivity index (χ1v) is 7.67. The number of hydrogen-bond donors (Lipinski definition) is 2. The van der Waals surface area contributed by atoms with Gasteiger partial charge in [-0.05, 0) is 31.0 Å². The molecule has 106 valence electrons. The molecule has 1 atom stereocenters. The van der Waals surface area contributed by atoms with E-state index < -0.39 is 0 Å². The third-order valence-electron chi connectivity index (χ3n) is 3.08. The minimum Gasteiger partial charge on any atom is -0.507 e. The van der Waals surface area contributed by atoms with E-state index in [9.17, 15) is 9.90 Å². The lowest BCUT2D eigenvalue weighted by atomic mass is 10.0. The molecule has 0 bridgehead atoms. The van der Waals surface area contributed by atoms with Crippen molar-refractivity contribution in [1.29, 1.82) is 0 Å². The van der Waals surface area contributed by atoms with Crippen LogP contribution in [0.5, 0.6) is 5.75 Å². The minimum atomic E-state index is -0.201. The van der Waals surface area contributed by atoms with Crippen LogP contribution in [-0.4, -0.2) is 17.1 Å². The summed E-state index contributed by atoms with van der Waals surface area (Å²) in [5, 5.41) is 12.8. The van der Waals surface area contributed by atoms with Crippen molar-refractivity contribution in [3.63, 3.8) is 0 Å². The van der Waals surface area contributed by atoms with Crippen molar-refractivity contribution in [2.75, 3.05) is 0 Å². The molecule has 2 N–H and O–H groups in total. The van der Waals surface area contributed by atoms with Gasteiger partial charge in [0, 0.05) is 10.5 Å². The van der Waals surface area contributed by atoms with Gasteiger partial charge in [0.1, 0.15) is 5.75 Å². The largest absolute Gasteiger partial charge is 0.507 e. The number of amides is 1. The quantitative estimate of drug-likeness (QED) is 0.786. The van der Waals surface area contributed by atoms with Crippen LogP contribution in [0.4, 0.5) is 0 Å². The Labute approximate surface area is 123 Å². The molecular weight excluding hydrogens is 306 g/mol. The molecule has 0 aromatic heterocycles. The van der Waals surface area contributed by atoms with Crippen LogP contribution in [0.2, 0.25) is 0 Å². The maximum Gasteiger partial charge on any atom is 0.255 e. The number of unbranched alkanes of at least 4 members (excludes halogenated alkanes) is 1. The van der Waals surface area contributed by atoms with Crippen LogP contribution in [0, 0.1) is 0 Å². The van der Waals surface area contributed by atoms with E-state index in [1.165, 1.54) is 6.07 Å². The number of carbonyl (C=O) groups is 1. The molecule has 4 heteroatoms. The molecule has 0 saturated heterocycles. The highest BCUT2D eigenvalue weighted by molar-refractivity contribution is 9.10. The molecule has 1 aromatic rings. The monoisotopic (exact) mass is 327 g/mol. The molecular formula is C15H22BrNO2. The zero-order valence-corrected chi connectivity index (χ0v) is 13.2. The molecule has 0 radical (unpaired) electrons. The van der Waals surface area contributed by atoms with Crippen molar-refractivity contribution < 1.29 is 9.90 Å².